The Kier molecular flexibility index (Phi) is 1.87. The van der Waals surface area contributed by atoms with Crippen molar-refractivity contribution < 1.29 is 0 Å². The van der Waals surface area contributed by atoms with Crippen molar-refractivity contribution in [1.29, 1.82) is 5.26 Å². The number of rotatable bonds is 0. The summed E-state index contributed by atoms with van der Waals surface area (Å²) < 4.78 is 0. The first-order valence-electron chi connectivity index (χ1n) is 3.06. The first kappa shape index (κ1) is 5.58. The maximum Gasteiger partial charge on any atom is 0.0953 e. The van der Waals surface area contributed by atoms with Gasteiger partial charge in [0.05, 0.1) is 12.1 Å². The molecule has 0 aromatic carbocycles. The number of hydrogen-bond donors (Lipinski definition) is 1. The van der Waals surface area contributed by atoms with Gasteiger partial charge in [-0.2, -0.15) is 5.26 Å². The Bertz CT molecular complexity index is 97.6. The maximum atomic E-state index is 8.38. The van der Waals surface area contributed by atoms with Crippen LogP contribution in [0.1, 0.15) is 19.3 Å². The van der Waals surface area contributed by atoms with E-state index in [0.717, 1.165) is 13.0 Å². The molecule has 2 nitrogen and oxygen atoms in total. The molecule has 0 radical (unpaired) electrons. The first-order valence-corrected chi connectivity index (χ1v) is 3.06. The van der Waals surface area contributed by atoms with Crippen molar-refractivity contribution in [1.82, 2.24) is 5.32 Å². The van der Waals surface area contributed by atoms with Crippen LogP contribution in [0, 0.1) is 11.3 Å². The number of nitrogens with one attached hydrogen (secondary N) is 1. The molecule has 0 aliphatic carbocycles. The molecular weight excluding hydrogens is 100 g/mol. The van der Waals surface area contributed by atoms with Crippen molar-refractivity contribution in [3.63, 3.8) is 0 Å². The molecule has 0 aromatic heterocycles. The van der Waals surface area contributed by atoms with Gasteiger partial charge in [-0.05, 0) is 25.8 Å². The monoisotopic (exact) mass is 110 g/mol. The van der Waals surface area contributed by atoms with Gasteiger partial charge in [-0.3, -0.25) is 0 Å². The quantitative estimate of drug-likeness (QED) is 0.497. The minimum Gasteiger partial charge on any atom is -0.302 e. The van der Waals surface area contributed by atoms with Gasteiger partial charge >= 0.3 is 0 Å². The van der Waals surface area contributed by atoms with E-state index in [-0.39, 0.29) is 6.04 Å². The fraction of sp³-hybridized carbons (Fsp3) is 0.833. The molecule has 0 amide bonds. The molecule has 0 unspecified atom stereocenters. The highest BCUT2D eigenvalue weighted by atomic mass is 14.9. The highest BCUT2D eigenvalue weighted by Crippen LogP contribution is 2.04. The van der Waals surface area contributed by atoms with Crippen LogP contribution < -0.4 is 5.32 Å². The molecule has 0 bridgehead atoms. The molecule has 0 spiro atoms. The van der Waals surface area contributed by atoms with Gasteiger partial charge < -0.3 is 5.32 Å². The van der Waals surface area contributed by atoms with Gasteiger partial charge in [0, 0.05) is 0 Å². The summed E-state index contributed by atoms with van der Waals surface area (Å²) in [6, 6.07) is 2.34. The topological polar surface area (TPSA) is 35.8 Å². The second kappa shape index (κ2) is 2.68. The standard InChI is InChI=1S/C6H10N2/c7-5-6-3-1-2-4-8-6/h6,8H,1-4H2/t6-/m1/s1. The van der Waals surface area contributed by atoms with Gasteiger partial charge in [-0.1, -0.05) is 0 Å². The van der Waals surface area contributed by atoms with Gasteiger partial charge in [0.25, 0.3) is 0 Å². The smallest absolute Gasteiger partial charge is 0.0953 e. The van der Waals surface area contributed by atoms with E-state index < -0.39 is 0 Å². The molecule has 1 atom stereocenters. The predicted molar refractivity (Wildman–Crippen MR) is 31.3 cm³/mol. The van der Waals surface area contributed by atoms with Crippen molar-refractivity contribution in [2.24, 2.45) is 0 Å². The number of nitrogens with zero attached hydrogens (tertiary/aromatic N) is 1. The van der Waals surface area contributed by atoms with E-state index in [4.69, 9.17) is 5.26 Å². The summed E-state index contributed by atoms with van der Waals surface area (Å²) in [4.78, 5) is 0. The van der Waals surface area contributed by atoms with Crippen molar-refractivity contribution in [2.75, 3.05) is 6.54 Å². The first-order chi connectivity index (χ1) is 3.93. The molecule has 0 saturated carbocycles. The average Bonchev–Trinajstić information content (AvgIpc) is 1.90. The lowest BCUT2D eigenvalue weighted by molar-refractivity contribution is 0.461. The zero-order valence-electron chi connectivity index (χ0n) is 4.85. The molecule has 1 aliphatic heterocycles. The van der Waals surface area contributed by atoms with Crippen molar-refractivity contribution in [2.45, 2.75) is 25.3 Å². The predicted octanol–water partition coefficient (Wildman–Crippen LogP) is 0.652. The summed E-state index contributed by atoms with van der Waals surface area (Å²) in [5.41, 5.74) is 0. The largest absolute Gasteiger partial charge is 0.302 e. The lowest BCUT2D eigenvalue weighted by Crippen LogP contribution is -2.32. The van der Waals surface area contributed by atoms with Crippen LogP contribution in [0.4, 0.5) is 0 Å². The van der Waals surface area contributed by atoms with Gasteiger partial charge in [0.15, 0.2) is 0 Å². The van der Waals surface area contributed by atoms with Crippen molar-refractivity contribution >= 4 is 0 Å². The molecule has 8 heavy (non-hydrogen) atoms. The van der Waals surface area contributed by atoms with Crippen LogP contribution in [0.2, 0.25) is 0 Å². The third-order valence-corrected chi connectivity index (χ3v) is 1.47. The highest BCUT2D eigenvalue weighted by molar-refractivity contribution is 4.91. The van der Waals surface area contributed by atoms with Crippen LogP contribution in [0.3, 0.4) is 0 Å². The zero-order chi connectivity index (χ0) is 5.82. The van der Waals surface area contributed by atoms with E-state index in [1.807, 2.05) is 0 Å². The molecule has 2 heteroatoms. The Morgan fingerprint density at radius 2 is 2.38 bits per heavy atom. The summed E-state index contributed by atoms with van der Waals surface area (Å²) in [5, 5.41) is 11.5. The van der Waals surface area contributed by atoms with E-state index in [2.05, 4.69) is 11.4 Å². The Morgan fingerprint density at radius 1 is 1.50 bits per heavy atom. The summed E-state index contributed by atoms with van der Waals surface area (Å²) in [5.74, 6) is 0. The van der Waals surface area contributed by atoms with E-state index in [9.17, 15) is 0 Å². The van der Waals surface area contributed by atoms with Crippen LogP contribution in [0.5, 0.6) is 0 Å². The number of piperidine rings is 1. The van der Waals surface area contributed by atoms with Crippen LogP contribution in [0.15, 0.2) is 0 Å². The third kappa shape index (κ3) is 1.21. The number of nitriles is 1. The second-order valence-electron chi connectivity index (χ2n) is 2.13. The van der Waals surface area contributed by atoms with Crippen molar-refractivity contribution in [3.8, 4) is 6.07 Å². The highest BCUT2D eigenvalue weighted by Gasteiger charge is 2.09. The summed E-state index contributed by atoms with van der Waals surface area (Å²) in [6.07, 6.45) is 3.49. The van der Waals surface area contributed by atoms with E-state index in [0.29, 0.717) is 0 Å². The average molecular weight is 110 g/mol. The maximum absolute atomic E-state index is 8.38. The van der Waals surface area contributed by atoms with Gasteiger partial charge in [-0.15, -0.1) is 0 Å². The molecule has 1 heterocycles. The molecule has 1 saturated heterocycles. The third-order valence-electron chi connectivity index (χ3n) is 1.47. The van der Waals surface area contributed by atoms with E-state index in [1.54, 1.807) is 0 Å². The fourth-order valence-corrected chi connectivity index (χ4v) is 0.962. The molecule has 1 fully saturated rings. The van der Waals surface area contributed by atoms with E-state index in [1.165, 1.54) is 12.8 Å². The lowest BCUT2D eigenvalue weighted by atomic mass is 10.1. The SMILES string of the molecule is N#C[C@H]1CCCCN1. The van der Waals surface area contributed by atoms with Crippen LogP contribution in [0.25, 0.3) is 0 Å². The Hall–Kier alpha value is -0.550. The zero-order valence-corrected chi connectivity index (χ0v) is 4.85. The Labute approximate surface area is 49.5 Å². The van der Waals surface area contributed by atoms with E-state index >= 15 is 0 Å². The summed E-state index contributed by atoms with van der Waals surface area (Å²) in [7, 11) is 0. The summed E-state index contributed by atoms with van der Waals surface area (Å²) >= 11 is 0. The van der Waals surface area contributed by atoms with Crippen LogP contribution in [-0.4, -0.2) is 12.6 Å². The van der Waals surface area contributed by atoms with Gasteiger partial charge in [0.1, 0.15) is 0 Å². The molecule has 44 valence electrons. The lowest BCUT2D eigenvalue weighted by Gasteiger charge is -2.15. The van der Waals surface area contributed by atoms with Gasteiger partial charge in [0.2, 0.25) is 0 Å². The molecule has 1 rings (SSSR count). The number of hydrogen-bond acceptors (Lipinski definition) is 2. The molecule has 1 N–H and O–H groups in total. The minimum absolute atomic E-state index is 0.142. The van der Waals surface area contributed by atoms with Crippen LogP contribution in [-0.2, 0) is 0 Å². The minimum atomic E-state index is 0.142. The Morgan fingerprint density at radius 3 is 2.75 bits per heavy atom. The second-order valence-corrected chi connectivity index (χ2v) is 2.13. The summed E-state index contributed by atoms with van der Waals surface area (Å²) in [6.45, 7) is 1.03. The van der Waals surface area contributed by atoms with Crippen LogP contribution >= 0.6 is 0 Å². The molecular formula is C6H10N2. The normalized spacial score (nSPS) is 29.1. The molecule has 1 aliphatic rings. The van der Waals surface area contributed by atoms with Gasteiger partial charge in [-0.25, -0.2) is 0 Å². The Balaban J connectivity index is 2.25. The van der Waals surface area contributed by atoms with Crippen molar-refractivity contribution in [3.05, 3.63) is 0 Å². The fourth-order valence-electron chi connectivity index (χ4n) is 0.962. The molecule has 0 aromatic rings.